The summed E-state index contributed by atoms with van der Waals surface area (Å²) in [6.45, 7) is 19.0. The summed E-state index contributed by atoms with van der Waals surface area (Å²) in [5, 5.41) is 0. The monoisotopic (exact) mass is 329 g/mol. The number of allylic oxidation sites excluding steroid dienone is 2. The molecule has 0 fully saturated rings. The summed E-state index contributed by atoms with van der Waals surface area (Å²) in [4.78, 5) is 0. The van der Waals surface area contributed by atoms with Crippen molar-refractivity contribution < 1.29 is 4.74 Å². The van der Waals surface area contributed by atoms with E-state index >= 15 is 0 Å². The van der Waals surface area contributed by atoms with Crippen LogP contribution < -0.4 is 10.5 Å². The number of benzene rings is 1. The van der Waals surface area contributed by atoms with Gasteiger partial charge in [0.15, 0.2) is 0 Å². The zero-order valence-corrected chi connectivity index (χ0v) is 16.6. The van der Waals surface area contributed by atoms with Crippen LogP contribution in [-0.4, -0.2) is 6.10 Å². The molecule has 1 aromatic rings. The molecule has 1 aromatic carbocycles. The van der Waals surface area contributed by atoms with Crippen LogP contribution in [-0.2, 0) is 5.54 Å². The lowest BCUT2D eigenvalue weighted by Crippen LogP contribution is -2.30. The Morgan fingerprint density at radius 2 is 1.88 bits per heavy atom. The van der Waals surface area contributed by atoms with Crippen LogP contribution in [0.25, 0.3) is 11.6 Å². The van der Waals surface area contributed by atoms with Crippen molar-refractivity contribution >= 4 is 11.6 Å². The van der Waals surface area contributed by atoms with Crippen LogP contribution in [0.4, 0.5) is 0 Å². The Morgan fingerprint density at radius 1 is 1.25 bits per heavy atom. The zero-order chi connectivity index (χ0) is 18.5. The van der Waals surface area contributed by atoms with Crippen molar-refractivity contribution in [1.82, 2.24) is 0 Å². The maximum Gasteiger partial charge on any atom is 0.131 e. The minimum Gasteiger partial charge on any atom is -0.490 e. The molecule has 1 unspecified atom stereocenters. The molecule has 1 rings (SSSR count). The first kappa shape index (κ1) is 20.5. The highest BCUT2D eigenvalue weighted by atomic mass is 16.5. The van der Waals surface area contributed by atoms with Crippen molar-refractivity contribution in [1.29, 1.82) is 0 Å². The van der Waals surface area contributed by atoms with Crippen LogP contribution in [0.1, 0.15) is 84.4 Å². The number of hydrogen-bond acceptors (Lipinski definition) is 2. The molecule has 0 radical (unpaired) electrons. The number of hydrogen-bond donors (Lipinski definition) is 1. The first-order valence-electron chi connectivity index (χ1n) is 9.13. The molecule has 0 heterocycles. The lowest BCUT2D eigenvalue weighted by atomic mass is 9.88. The second kappa shape index (κ2) is 8.53. The third-order valence-electron chi connectivity index (χ3n) is 4.50. The Labute approximate surface area is 148 Å². The molecule has 0 spiro atoms. The fraction of sp³-hybridized carbons (Fsp3) is 0.545. The molecule has 0 aliphatic heterocycles. The second-order valence-corrected chi connectivity index (χ2v) is 7.30. The Morgan fingerprint density at radius 3 is 2.33 bits per heavy atom. The van der Waals surface area contributed by atoms with Crippen molar-refractivity contribution in [2.45, 2.75) is 79.4 Å². The Balaban J connectivity index is 3.68. The van der Waals surface area contributed by atoms with Crippen LogP contribution in [0.2, 0.25) is 0 Å². The van der Waals surface area contributed by atoms with Crippen LogP contribution in [0, 0.1) is 0 Å². The molecule has 0 bridgehead atoms. The molecular weight excluding hydrogens is 294 g/mol. The van der Waals surface area contributed by atoms with Crippen LogP contribution in [0.3, 0.4) is 0 Å². The number of nitrogens with two attached hydrogens (primary N) is 1. The molecule has 0 saturated carbocycles. The highest BCUT2D eigenvalue weighted by Crippen LogP contribution is 2.37. The highest BCUT2D eigenvalue weighted by molar-refractivity contribution is 5.72. The fourth-order valence-electron chi connectivity index (χ4n) is 2.43. The van der Waals surface area contributed by atoms with Gasteiger partial charge >= 0.3 is 0 Å². The van der Waals surface area contributed by atoms with E-state index < -0.39 is 5.54 Å². The maximum atomic E-state index is 6.49. The predicted molar refractivity (Wildman–Crippen MR) is 107 cm³/mol. The summed E-state index contributed by atoms with van der Waals surface area (Å²) in [5.41, 5.74) is 11.8. The SMILES string of the molecule is C=C(CC)c1cc(/C=C(/C)CC)c(OC(C)CC)c(C(C)(C)N)c1. The fourth-order valence-corrected chi connectivity index (χ4v) is 2.43. The highest BCUT2D eigenvalue weighted by Gasteiger charge is 2.24. The molecular formula is C22H35NO. The predicted octanol–water partition coefficient (Wildman–Crippen LogP) is 6.29. The van der Waals surface area contributed by atoms with Crippen molar-refractivity contribution in [3.05, 3.63) is 41.0 Å². The van der Waals surface area contributed by atoms with Crippen molar-refractivity contribution in [2.24, 2.45) is 5.73 Å². The van der Waals surface area contributed by atoms with Crippen LogP contribution >= 0.6 is 0 Å². The van der Waals surface area contributed by atoms with Crippen LogP contribution in [0.5, 0.6) is 5.75 Å². The molecule has 2 heteroatoms. The maximum absolute atomic E-state index is 6.49. The minimum atomic E-state index is -0.477. The van der Waals surface area contributed by atoms with E-state index in [2.05, 4.69) is 59.4 Å². The van der Waals surface area contributed by atoms with Gasteiger partial charge in [0.25, 0.3) is 0 Å². The van der Waals surface area contributed by atoms with Gasteiger partial charge in [-0.1, -0.05) is 39.0 Å². The lowest BCUT2D eigenvalue weighted by Gasteiger charge is -2.27. The van der Waals surface area contributed by atoms with E-state index in [1.54, 1.807) is 0 Å². The molecule has 24 heavy (non-hydrogen) atoms. The van der Waals surface area contributed by atoms with Crippen LogP contribution in [0.15, 0.2) is 24.3 Å². The number of rotatable bonds is 8. The third kappa shape index (κ3) is 5.24. The molecule has 0 amide bonds. The second-order valence-electron chi connectivity index (χ2n) is 7.30. The zero-order valence-electron chi connectivity index (χ0n) is 16.6. The summed E-state index contributed by atoms with van der Waals surface area (Å²) < 4.78 is 6.31. The van der Waals surface area contributed by atoms with Gasteiger partial charge in [0.1, 0.15) is 5.75 Å². The Hall–Kier alpha value is -1.54. The van der Waals surface area contributed by atoms with E-state index in [9.17, 15) is 0 Å². The topological polar surface area (TPSA) is 35.2 Å². The van der Waals surface area contributed by atoms with E-state index in [0.717, 1.165) is 47.3 Å². The van der Waals surface area contributed by atoms with Gasteiger partial charge in [-0.2, -0.15) is 0 Å². The summed E-state index contributed by atoms with van der Waals surface area (Å²) >= 11 is 0. The third-order valence-corrected chi connectivity index (χ3v) is 4.50. The van der Waals surface area contributed by atoms with E-state index in [4.69, 9.17) is 10.5 Å². The molecule has 0 aliphatic carbocycles. The smallest absolute Gasteiger partial charge is 0.131 e. The van der Waals surface area contributed by atoms with E-state index in [0.29, 0.717) is 0 Å². The van der Waals surface area contributed by atoms with Crippen molar-refractivity contribution in [3.8, 4) is 5.75 Å². The first-order valence-corrected chi connectivity index (χ1v) is 9.13. The quantitative estimate of drug-likeness (QED) is 0.608. The summed E-state index contributed by atoms with van der Waals surface area (Å²) in [6, 6.07) is 4.35. The van der Waals surface area contributed by atoms with Gasteiger partial charge < -0.3 is 10.5 Å². The average molecular weight is 330 g/mol. The van der Waals surface area contributed by atoms with Crippen molar-refractivity contribution in [2.75, 3.05) is 0 Å². The standard InChI is InChI=1S/C22H35NO/c1-9-15(4)12-19-13-18(16(5)10-2)14-20(22(7,8)23)21(19)24-17(6)11-3/h12-14,17H,5,9-11,23H2,1-4,6-8H3/b15-12-. The van der Waals surface area contributed by atoms with Gasteiger partial charge in [-0.05, 0) is 70.2 Å². The minimum absolute atomic E-state index is 0.153. The Bertz CT molecular complexity index is 605. The molecule has 0 aromatic heterocycles. The van der Waals surface area contributed by atoms with Gasteiger partial charge in [-0.25, -0.2) is 0 Å². The summed E-state index contributed by atoms with van der Waals surface area (Å²) in [7, 11) is 0. The normalized spacial score (nSPS) is 13.8. The Kier molecular flexibility index (Phi) is 7.28. The average Bonchev–Trinajstić information content (AvgIpc) is 2.53. The number of ether oxygens (including phenoxy) is 1. The van der Waals surface area contributed by atoms with Gasteiger partial charge in [0.2, 0.25) is 0 Å². The molecule has 0 saturated heterocycles. The molecule has 1 atom stereocenters. The first-order chi connectivity index (χ1) is 11.1. The van der Waals surface area contributed by atoms with Crippen molar-refractivity contribution in [3.63, 3.8) is 0 Å². The summed E-state index contributed by atoms with van der Waals surface area (Å²) in [6.07, 6.45) is 5.28. The largest absolute Gasteiger partial charge is 0.490 e. The lowest BCUT2D eigenvalue weighted by molar-refractivity contribution is 0.211. The van der Waals surface area contributed by atoms with E-state index in [-0.39, 0.29) is 6.10 Å². The summed E-state index contributed by atoms with van der Waals surface area (Å²) in [5.74, 6) is 0.914. The molecule has 134 valence electrons. The molecule has 2 nitrogen and oxygen atoms in total. The molecule has 0 aliphatic rings. The van der Waals surface area contributed by atoms with Gasteiger partial charge in [-0.3, -0.25) is 0 Å². The van der Waals surface area contributed by atoms with E-state index in [1.165, 1.54) is 5.57 Å². The molecule has 2 N–H and O–H groups in total. The van der Waals surface area contributed by atoms with Gasteiger partial charge in [0, 0.05) is 16.7 Å². The van der Waals surface area contributed by atoms with Gasteiger partial charge in [-0.15, -0.1) is 0 Å². The van der Waals surface area contributed by atoms with Gasteiger partial charge in [0.05, 0.1) is 6.10 Å². The van der Waals surface area contributed by atoms with E-state index in [1.807, 2.05) is 13.8 Å².